The topological polar surface area (TPSA) is 92.1 Å². The van der Waals surface area contributed by atoms with Gasteiger partial charge in [-0.15, -0.1) is 0 Å². The quantitative estimate of drug-likeness (QED) is 0.745. The molecule has 0 aliphatic carbocycles. The normalized spacial score (nSPS) is 13.8. The summed E-state index contributed by atoms with van der Waals surface area (Å²) in [6, 6.07) is 0. The molecule has 0 aliphatic heterocycles. The fourth-order valence-electron chi connectivity index (χ4n) is 1.40. The minimum Gasteiger partial charge on any atom is -0.393 e. The summed E-state index contributed by atoms with van der Waals surface area (Å²) < 4.78 is 25.6. The number of nitrogens with two attached hydrogens (primary N) is 1. The molecule has 6 nitrogen and oxygen atoms in total. The van der Waals surface area contributed by atoms with Crippen LogP contribution in [-0.4, -0.2) is 41.3 Å². The number of thiocarbonyl (C=S) groups is 1. The van der Waals surface area contributed by atoms with Crippen molar-refractivity contribution in [3.8, 4) is 0 Å². The lowest BCUT2D eigenvalue weighted by Gasteiger charge is -2.19. The molecule has 0 saturated heterocycles. The van der Waals surface area contributed by atoms with Crippen LogP contribution in [0.1, 0.15) is 19.7 Å². The molecule has 102 valence electrons. The lowest BCUT2D eigenvalue weighted by molar-refractivity contribution is 0.443. The van der Waals surface area contributed by atoms with Crippen molar-refractivity contribution < 1.29 is 8.42 Å². The monoisotopic (exact) mass is 290 g/mol. The lowest BCUT2D eigenvalue weighted by atomic mass is 10.2. The number of hydrogen-bond acceptors (Lipinski definition) is 4. The molecule has 0 bridgehead atoms. The van der Waals surface area contributed by atoms with Crippen LogP contribution in [0.5, 0.6) is 0 Å². The summed E-state index contributed by atoms with van der Waals surface area (Å²) >= 11 is 4.84. The van der Waals surface area contributed by atoms with Crippen LogP contribution < -0.4 is 5.73 Å². The van der Waals surface area contributed by atoms with E-state index in [1.807, 2.05) is 6.92 Å². The summed E-state index contributed by atoms with van der Waals surface area (Å²) in [6.45, 7) is 3.94. The van der Waals surface area contributed by atoms with Crippen LogP contribution in [0.3, 0.4) is 0 Å². The van der Waals surface area contributed by atoms with E-state index in [0.717, 1.165) is 0 Å². The molecule has 0 aliphatic rings. The Hall–Kier alpha value is -0.990. The van der Waals surface area contributed by atoms with E-state index in [2.05, 4.69) is 9.97 Å². The van der Waals surface area contributed by atoms with E-state index in [0.29, 0.717) is 17.2 Å². The number of imidazole rings is 1. The van der Waals surface area contributed by atoms with Crippen molar-refractivity contribution in [2.24, 2.45) is 11.7 Å². The molecule has 1 aromatic heterocycles. The number of aryl methyl sites for hydroxylation is 1. The number of H-pyrrole nitrogens is 1. The first-order valence-electron chi connectivity index (χ1n) is 5.58. The lowest BCUT2D eigenvalue weighted by Crippen LogP contribution is -2.35. The molecule has 0 amide bonds. The second-order valence-electron chi connectivity index (χ2n) is 4.14. The highest BCUT2D eigenvalue weighted by molar-refractivity contribution is 7.89. The molecule has 1 heterocycles. The summed E-state index contributed by atoms with van der Waals surface area (Å²) in [6.07, 6.45) is 1.98. The minimum absolute atomic E-state index is 0.0944. The minimum atomic E-state index is -3.56. The number of nitrogens with one attached hydrogen (secondary N) is 1. The molecule has 1 aromatic rings. The second kappa shape index (κ2) is 5.77. The molecular formula is C10H18N4O2S2. The highest BCUT2D eigenvalue weighted by Gasteiger charge is 2.24. The van der Waals surface area contributed by atoms with Gasteiger partial charge in [0.05, 0.1) is 11.2 Å². The Kier molecular flexibility index (Phi) is 4.83. The molecule has 3 N–H and O–H groups in total. The number of aromatic amines is 1. The summed E-state index contributed by atoms with van der Waals surface area (Å²) in [5, 5.41) is 0.0944. The molecule has 8 heteroatoms. The van der Waals surface area contributed by atoms with E-state index >= 15 is 0 Å². The van der Waals surface area contributed by atoms with Crippen LogP contribution in [0.4, 0.5) is 0 Å². The molecule has 0 aromatic carbocycles. The van der Waals surface area contributed by atoms with Crippen LogP contribution in [0, 0.1) is 5.92 Å². The first kappa shape index (κ1) is 15.1. The van der Waals surface area contributed by atoms with Gasteiger partial charge in [0, 0.05) is 25.9 Å². The number of hydrogen-bond donors (Lipinski definition) is 2. The van der Waals surface area contributed by atoms with Gasteiger partial charge in [-0.2, -0.15) is 4.31 Å². The average Bonchev–Trinajstić information content (AvgIpc) is 2.77. The SMILES string of the molecule is CCc1ncc(S(=O)(=O)N(C)CC(C)C(N)=S)[nH]1. The van der Waals surface area contributed by atoms with Gasteiger partial charge in [-0.3, -0.25) is 0 Å². The average molecular weight is 290 g/mol. The Balaban J connectivity index is 2.89. The van der Waals surface area contributed by atoms with Gasteiger partial charge in [0.25, 0.3) is 10.0 Å². The van der Waals surface area contributed by atoms with Gasteiger partial charge in [0.1, 0.15) is 5.82 Å². The molecule has 0 saturated carbocycles. The van der Waals surface area contributed by atoms with Crippen molar-refractivity contribution in [1.82, 2.24) is 14.3 Å². The maximum atomic E-state index is 12.2. The van der Waals surface area contributed by atoms with Crippen LogP contribution in [0.2, 0.25) is 0 Å². The van der Waals surface area contributed by atoms with Crippen LogP contribution in [0.25, 0.3) is 0 Å². The van der Waals surface area contributed by atoms with E-state index < -0.39 is 10.0 Å². The van der Waals surface area contributed by atoms with E-state index in [1.165, 1.54) is 17.5 Å². The van der Waals surface area contributed by atoms with Gasteiger partial charge >= 0.3 is 0 Å². The number of rotatable bonds is 6. The van der Waals surface area contributed by atoms with Crippen LogP contribution in [-0.2, 0) is 16.4 Å². The molecule has 0 spiro atoms. The Labute approximate surface area is 113 Å². The maximum Gasteiger partial charge on any atom is 0.259 e. The summed E-state index contributed by atoms with van der Waals surface area (Å²) in [5.74, 6) is 0.470. The van der Waals surface area contributed by atoms with Crippen molar-refractivity contribution >= 4 is 27.2 Å². The predicted molar refractivity (Wildman–Crippen MR) is 73.7 cm³/mol. The molecular weight excluding hydrogens is 272 g/mol. The number of nitrogens with zero attached hydrogens (tertiary/aromatic N) is 2. The third-order valence-corrected chi connectivity index (χ3v) is 4.78. The summed E-state index contributed by atoms with van der Waals surface area (Å²) in [7, 11) is -2.06. The fraction of sp³-hybridized carbons (Fsp3) is 0.600. The van der Waals surface area contributed by atoms with Gasteiger partial charge in [-0.25, -0.2) is 13.4 Å². The zero-order valence-corrected chi connectivity index (χ0v) is 12.3. The van der Waals surface area contributed by atoms with E-state index in [9.17, 15) is 8.42 Å². The standard InChI is InChI=1S/C10H18N4O2S2/c1-4-8-12-5-9(13-8)18(15,16)14(3)6-7(2)10(11)17/h5,7H,4,6H2,1-3H3,(H2,11,17)(H,12,13). The van der Waals surface area contributed by atoms with Crippen molar-refractivity contribution in [1.29, 1.82) is 0 Å². The molecule has 0 fully saturated rings. The van der Waals surface area contributed by atoms with Gasteiger partial charge in [0.2, 0.25) is 0 Å². The van der Waals surface area contributed by atoms with Crippen LogP contribution >= 0.6 is 12.2 Å². The highest BCUT2D eigenvalue weighted by atomic mass is 32.2. The molecule has 0 radical (unpaired) electrons. The highest BCUT2D eigenvalue weighted by Crippen LogP contribution is 2.13. The zero-order valence-electron chi connectivity index (χ0n) is 10.7. The Morgan fingerprint density at radius 2 is 2.28 bits per heavy atom. The van der Waals surface area contributed by atoms with Crippen molar-refractivity contribution in [2.75, 3.05) is 13.6 Å². The molecule has 1 unspecified atom stereocenters. The first-order valence-corrected chi connectivity index (χ1v) is 7.43. The van der Waals surface area contributed by atoms with E-state index in [4.69, 9.17) is 18.0 Å². The smallest absolute Gasteiger partial charge is 0.259 e. The number of aromatic nitrogens is 2. The van der Waals surface area contributed by atoms with Crippen molar-refractivity contribution in [3.63, 3.8) is 0 Å². The third-order valence-electron chi connectivity index (χ3n) is 2.64. The molecule has 1 rings (SSSR count). The van der Waals surface area contributed by atoms with Crippen LogP contribution in [0.15, 0.2) is 11.2 Å². The first-order chi connectivity index (χ1) is 8.28. The predicted octanol–water partition coefficient (Wildman–Crippen LogP) is 0.515. The van der Waals surface area contributed by atoms with Crippen molar-refractivity contribution in [2.45, 2.75) is 25.3 Å². The van der Waals surface area contributed by atoms with Gasteiger partial charge in [0.15, 0.2) is 5.03 Å². The Morgan fingerprint density at radius 1 is 1.67 bits per heavy atom. The second-order valence-corrected chi connectivity index (χ2v) is 6.62. The Morgan fingerprint density at radius 3 is 2.72 bits per heavy atom. The number of sulfonamides is 1. The van der Waals surface area contributed by atoms with Gasteiger partial charge < -0.3 is 10.7 Å². The van der Waals surface area contributed by atoms with E-state index in [1.54, 1.807) is 6.92 Å². The molecule has 18 heavy (non-hydrogen) atoms. The van der Waals surface area contributed by atoms with Gasteiger partial charge in [-0.1, -0.05) is 26.1 Å². The molecule has 1 atom stereocenters. The van der Waals surface area contributed by atoms with Gasteiger partial charge in [-0.05, 0) is 0 Å². The largest absolute Gasteiger partial charge is 0.393 e. The summed E-state index contributed by atoms with van der Waals surface area (Å²) in [4.78, 5) is 7.07. The van der Waals surface area contributed by atoms with E-state index in [-0.39, 0.29) is 17.5 Å². The van der Waals surface area contributed by atoms with Crippen molar-refractivity contribution in [3.05, 3.63) is 12.0 Å². The fourth-order valence-corrected chi connectivity index (χ4v) is 2.66. The maximum absolute atomic E-state index is 12.2. The third kappa shape index (κ3) is 3.27. The Bertz CT molecular complexity index is 524. The zero-order chi connectivity index (χ0) is 13.9. The summed E-state index contributed by atoms with van der Waals surface area (Å²) in [5.41, 5.74) is 5.48.